The fraction of sp³-hybridized carbons (Fsp3) is 0.500. The maximum absolute atomic E-state index is 12.8. The van der Waals surface area contributed by atoms with Crippen molar-refractivity contribution in [1.82, 2.24) is 0 Å². The van der Waals surface area contributed by atoms with Gasteiger partial charge in [0, 0.05) is 5.69 Å². The van der Waals surface area contributed by atoms with Crippen molar-refractivity contribution in [3.63, 3.8) is 0 Å². The number of ether oxygens (including phenoxy) is 1. The van der Waals surface area contributed by atoms with Crippen molar-refractivity contribution >= 4 is 11.7 Å². The summed E-state index contributed by atoms with van der Waals surface area (Å²) < 4.78 is 17.8. The average molecular weight is 253 g/mol. The first-order chi connectivity index (χ1) is 8.67. The van der Waals surface area contributed by atoms with Crippen LogP contribution >= 0.6 is 0 Å². The molecule has 0 aliphatic heterocycles. The zero-order valence-electron chi connectivity index (χ0n) is 10.9. The number of halogens is 1. The van der Waals surface area contributed by atoms with Crippen molar-refractivity contribution < 1.29 is 13.9 Å². The van der Waals surface area contributed by atoms with Gasteiger partial charge >= 0.3 is 5.97 Å². The summed E-state index contributed by atoms with van der Waals surface area (Å²) in [5.41, 5.74) is 0.727. The van der Waals surface area contributed by atoms with E-state index in [1.807, 2.05) is 0 Å². The summed E-state index contributed by atoms with van der Waals surface area (Å²) in [7, 11) is 0. The Balaban J connectivity index is 2.64. The number of nitrogens with one attached hydrogen (secondary N) is 1. The normalized spacial score (nSPS) is 11.9. The number of carbonyl (C=O) groups excluding carboxylic acids is 1. The molecule has 0 amide bonds. The summed E-state index contributed by atoms with van der Waals surface area (Å²) >= 11 is 0. The van der Waals surface area contributed by atoms with Crippen LogP contribution in [0.25, 0.3) is 0 Å². The van der Waals surface area contributed by atoms with E-state index in [0.29, 0.717) is 13.0 Å². The highest BCUT2D eigenvalue weighted by Crippen LogP contribution is 2.13. The number of unbranched alkanes of at least 4 members (excludes halogenated alkanes) is 1. The highest BCUT2D eigenvalue weighted by Gasteiger charge is 2.18. The van der Waals surface area contributed by atoms with Crippen LogP contribution in [0.5, 0.6) is 0 Å². The quantitative estimate of drug-likeness (QED) is 0.757. The lowest BCUT2D eigenvalue weighted by Gasteiger charge is -2.18. The maximum Gasteiger partial charge on any atom is 0.328 e. The zero-order valence-corrected chi connectivity index (χ0v) is 10.9. The van der Waals surface area contributed by atoms with E-state index >= 15 is 0 Å². The molecule has 0 bridgehead atoms. The van der Waals surface area contributed by atoms with E-state index in [1.54, 1.807) is 19.1 Å². The molecular formula is C14H20FNO2. The Labute approximate surface area is 107 Å². The molecule has 100 valence electrons. The largest absolute Gasteiger partial charge is 0.464 e. The van der Waals surface area contributed by atoms with Gasteiger partial charge in [0.15, 0.2) is 0 Å². The molecule has 3 nitrogen and oxygen atoms in total. The van der Waals surface area contributed by atoms with Crippen molar-refractivity contribution in [2.45, 2.75) is 39.2 Å². The van der Waals surface area contributed by atoms with Crippen LogP contribution in [0, 0.1) is 5.82 Å². The van der Waals surface area contributed by atoms with E-state index in [4.69, 9.17) is 4.74 Å². The van der Waals surface area contributed by atoms with Crippen LogP contribution in [0.2, 0.25) is 0 Å². The summed E-state index contributed by atoms with van der Waals surface area (Å²) in [6.07, 6.45) is 2.67. The van der Waals surface area contributed by atoms with Gasteiger partial charge in [0.25, 0.3) is 0 Å². The van der Waals surface area contributed by atoms with Crippen LogP contribution in [0.4, 0.5) is 10.1 Å². The number of carbonyl (C=O) groups is 1. The Bertz CT molecular complexity index is 365. The molecule has 1 aromatic carbocycles. The highest BCUT2D eigenvalue weighted by molar-refractivity contribution is 5.79. The van der Waals surface area contributed by atoms with E-state index in [-0.39, 0.29) is 17.8 Å². The second-order valence-corrected chi connectivity index (χ2v) is 4.10. The Morgan fingerprint density at radius 3 is 2.56 bits per heavy atom. The molecule has 0 saturated heterocycles. The molecule has 1 aromatic rings. The van der Waals surface area contributed by atoms with Crippen molar-refractivity contribution in [2.75, 3.05) is 11.9 Å². The molecular weight excluding hydrogens is 233 g/mol. The van der Waals surface area contributed by atoms with Gasteiger partial charge in [0.05, 0.1) is 6.61 Å². The molecule has 0 aromatic heterocycles. The molecule has 1 unspecified atom stereocenters. The summed E-state index contributed by atoms with van der Waals surface area (Å²) in [5, 5.41) is 3.08. The van der Waals surface area contributed by atoms with Gasteiger partial charge < -0.3 is 10.1 Å². The smallest absolute Gasteiger partial charge is 0.328 e. The minimum atomic E-state index is -0.365. The third-order valence-electron chi connectivity index (χ3n) is 2.60. The van der Waals surface area contributed by atoms with Gasteiger partial charge in [0.1, 0.15) is 11.9 Å². The molecule has 0 spiro atoms. The molecule has 0 saturated carbocycles. The number of anilines is 1. The first kappa shape index (κ1) is 14.5. The average Bonchev–Trinajstić information content (AvgIpc) is 2.37. The molecule has 0 fully saturated rings. The molecule has 18 heavy (non-hydrogen) atoms. The SMILES string of the molecule is CCCCC(Nc1ccc(F)cc1)C(=O)OCC. The monoisotopic (exact) mass is 253 g/mol. The number of hydrogen-bond donors (Lipinski definition) is 1. The second kappa shape index (κ2) is 7.69. The van der Waals surface area contributed by atoms with Crippen LogP contribution in [-0.4, -0.2) is 18.6 Å². The van der Waals surface area contributed by atoms with E-state index in [9.17, 15) is 9.18 Å². The molecule has 0 heterocycles. The van der Waals surface area contributed by atoms with Gasteiger partial charge in [-0.15, -0.1) is 0 Å². The Hall–Kier alpha value is -1.58. The van der Waals surface area contributed by atoms with Crippen LogP contribution < -0.4 is 5.32 Å². The number of hydrogen-bond acceptors (Lipinski definition) is 3. The third kappa shape index (κ3) is 4.73. The van der Waals surface area contributed by atoms with E-state index in [2.05, 4.69) is 12.2 Å². The topological polar surface area (TPSA) is 38.3 Å². The molecule has 4 heteroatoms. The van der Waals surface area contributed by atoms with E-state index in [1.165, 1.54) is 12.1 Å². The number of rotatable bonds is 7. The number of esters is 1. The Kier molecular flexibility index (Phi) is 6.19. The van der Waals surface area contributed by atoms with Gasteiger partial charge in [-0.1, -0.05) is 19.8 Å². The predicted molar refractivity (Wildman–Crippen MR) is 70.0 cm³/mol. The van der Waals surface area contributed by atoms with Crippen LogP contribution in [0.3, 0.4) is 0 Å². The minimum absolute atomic E-state index is 0.254. The van der Waals surface area contributed by atoms with Crippen molar-refractivity contribution in [3.8, 4) is 0 Å². The van der Waals surface area contributed by atoms with Crippen molar-refractivity contribution in [3.05, 3.63) is 30.1 Å². The molecule has 1 rings (SSSR count). The van der Waals surface area contributed by atoms with E-state index in [0.717, 1.165) is 18.5 Å². The first-order valence-corrected chi connectivity index (χ1v) is 6.36. The fourth-order valence-corrected chi connectivity index (χ4v) is 1.65. The summed E-state index contributed by atoms with van der Waals surface area (Å²) in [5.74, 6) is -0.544. The van der Waals surface area contributed by atoms with Gasteiger partial charge in [-0.05, 0) is 37.6 Å². The molecule has 1 atom stereocenters. The van der Waals surface area contributed by atoms with E-state index < -0.39 is 0 Å². The summed E-state index contributed by atoms with van der Waals surface area (Å²) in [4.78, 5) is 11.8. The molecule has 0 aliphatic carbocycles. The second-order valence-electron chi connectivity index (χ2n) is 4.10. The number of benzene rings is 1. The lowest BCUT2D eigenvalue weighted by atomic mass is 10.1. The zero-order chi connectivity index (χ0) is 13.4. The summed E-state index contributed by atoms with van der Waals surface area (Å²) in [6.45, 7) is 4.22. The molecule has 0 radical (unpaired) electrons. The highest BCUT2D eigenvalue weighted by atomic mass is 19.1. The third-order valence-corrected chi connectivity index (χ3v) is 2.60. The lowest BCUT2D eigenvalue weighted by molar-refractivity contribution is -0.144. The maximum atomic E-state index is 12.8. The van der Waals surface area contributed by atoms with Crippen molar-refractivity contribution in [2.24, 2.45) is 0 Å². The van der Waals surface area contributed by atoms with Gasteiger partial charge in [-0.3, -0.25) is 0 Å². The molecule has 1 N–H and O–H groups in total. The lowest BCUT2D eigenvalue weighted by Crippen LogP contribution is -2.31. The van der Waals surface area contributed by atoms with Gasteiger partial charge in [-0.2, -0.15) is 0 Å². The van der Waals surface area contributed by atoms with Crippen LogP contribution in [-0.2, 0) is 9.53 Å². The van der Waals surface area contributed by atoms with Crippen LogP contribution in [0.15, 0.2) is 24.3 Å². The molecule has 0 aliphatic rings. The predicted octanol–water partition coefficient (Wildman–Crippen LogP) is 3.36. The van der Waals surface area contributed by atoms with Gasteiger partial charge in [0.2, 0.25) is 0 Å². The summed E-state index contributed by atoms with van der Waals surface area (Å²) in [6, 6.07) is 5.60. The van der Waals surface area contributed by atoms with Crippen LogP contribution in [0.1, 0.15) is 33.1 Å². The Morgan fingerprint density at radius 2 is 2.00 bits per heavy atom. The fourth-order valence-electron chi connectivity index (χ4n) is 1.65. The van der Waals surface area contributed by atoms with Crippen molar-refractivity contribution in [1.29, 1.82) is 0 Å². The minimum Gasteiger partial charge on any atom is -0.464 e. The Morgan fingerprint density at radius 1 is 1.33 bits per heavy atom. The van der Waals surface area contributed by atoms with Gasteiger partial charge in [-0.25, -0.2) is 9.18 Å². The first-order valence-electron chi connectivity index (χ1n) is 6.36. The standard InChI is InChI=1S/C14H20FNO2/c1-3-5-6-13(14(17)18-4-2)16-12-9-7-11(15)8-10-12/h7-10,13,16H,3-6H2,1-2H3.